The molecule has 0 atom stereocenters. The Kier molecular flexibility index (Phi) is 2.40. The molecule has 0 unspecified atom stereocenters. The Balaban J connectivity index is 2.05. The van der Waals surface area contributed by atoms with Crippen LogP contribution in [0.1, 0.15) is 30.0 Å². The third kappa shape index (κ3) is 1.61. The maximum Gasteiger partial charge on any atom is 0.0995 e. The van der Waals surface area contributed by atoms with Crippen molar-refractivity contribution in [2.24, 2.45) is 0 Å². The minimum absolute atomic E-state index is 0.632. The molecule has 0 aromatic carbocycles. The van der Waals surface area contributed by atoms with Gasteiger partial charge in [-0.25, -0.2) is 4.98 Å². The predicted molar refractivity (Wildman–Crippen MR) is 64.8 cm³/mol. The van der Waals surface area contributed by atoms with Crippen molar-refractivity contribution < 1.29 is 0 Å². The molecule has 2 aromatic heterocycles. The van der Waals surface area contributed by atoms with E-state index in [2.05, 4.69) is 40.0 Å². The van der Waals surface area contributed by atoms with E-state index < -0.39 is 0 Å². The van der Waals surface area contributed by atoms with E-state index in [1.54, 1.807) is 0 Å². The van der Waals surface area contributed by atoms with Crippen LogP contribution < -0.4 is 5.32 Å². The third-order valence-corrected chi connectivity index (χ3v) is 3.45. The summed E-state index contributed by atoms with van der Waals surface area (Å²) in [7, 11) is 0. The van der Waals surface area contributed by atoms with Gasteiger partial charge in [0.15, 0.2) is 0 Å². The van der Waals surface area contributed by atoms with Gasteiger partial charge in [-0.05, 0) is 50.6 Å². The fraction of sp³-hybridized carbons (Fsp3) is 0.462. The molecular formula is C13H17N3. The van der Waals surface area contributed by atoms with Crippen molar-refractivity contribution in [2.45, 2.75) is 25.7 Å². The lowest BCUT2D eigenvalue weighted by atomic mass is 9.94. The number of piperidine rings is 1. The van der Waals surface area contributed by atoms with Crippen LogP contribution >= 0.6 is 0 Å². The number of nitrogens with one attached hydrogen (secondary N) is 1. The lowest BCUT2D eigenvalue weighted by molar-refractivity contribution is 0.456. The molecule has 16 heavy (non-hydrogen) atoms. The molecule has 1 saturated heterocycles. The highest BCUT2D eigenvalue weighted by atomic mass is 15.0. The van der Waals surface area contributed by atoms with Crippen molar-refractivity contribution in [3.05, 3.63) is 35.9 Å². The van der Waals surface area contributed by atoms with Crippen molar-refractivity contribution in [1.29, 1.82) is 0 Å². The monoisotopic (exact) mass is 215 g/mol. The molecule has 0 amide bonds. The SMILES string of the molecule is Cc1ccn2cnc(C3CCNCC3)c2c1. The fourth-order valence-corrected chi connectivity index (χ4v) is 2.52. The number of aromatic nitrogens is 2. The first-order valence-electron chi connectivity index (χ1n) is 5.98. The number of imidazole rings is 1. The first-order chi connectivity index (χ1) is 7.84. The Bertz CT molecular complexity index is 495. The zero-order valence-electron chi connectivity index (χ0n) is 9.61. The van der Waals surface area contributed by atoms with Gasteiger partial charge in [0.1, 0.15) is 0 Å². The Hall–Kier alpha value is -1.35. The summed E-state index contributed by atoms with van der Waals surface area (Å²) in [5.41, 5.74) is 3.88. The van der Waals surface area contributed by atoms with Crippen molar-refractivity contribution in [1.82, 2.24) is 14.7 Å². The summed E-state index contributed by atoms with van der Waals surface area (Å²) in [6, 6.07) is 4.37. The minimum Gasteiger partial charge on any atom is -0.317 e. The molecule has 3 heteroatoms. The third-order valence-electron chi connectivity index (χ3n) is 3.45. The number of hydrogen-bond acceptors (Lipinski definition) is 2. The highest BCUT2D eigenvalue weighted by Crippen LogP contribution is 2.27. The molecule has 3 rings (SSSR count). The van der Waals surface area contributed by atoms with E-state index in [4.69, 9.17) is 0 Å². The summed E-state index contributed by atoms with van der Waals surface area (Å²) < 4.78 is 2.13. The van der Waals surface area contributed by atoms with E-state index in [1.165, 1.54) is 29.6 Å². The number of rotatable bonds is 1. The average molecular weight is 215 g/mol. The molecule has 3 nitrogen and oxygen atoms in total. The summed E-state index contributed by atoms with van der Waals surface area (Å²) >= 11 is 0. The second-order valence-electron chi connectivity index (χ2n) is 4.65. The van der Waals surface area contributed by atoms with Crippen LogP contribution in [0.5, 0.6) is 0 Å². The maximum atomic E-state index is 4.60. The molecule has 1 N–H and O–H groups in total. The van der Waals surface area contributed by atoms with Crippen molar-refractivity contribution in [2.75, 3.05) is 13.1 Å². The number of fused-ring (bicyclic) bond motifs is 1. The van der Waals surface area contributed by atoms with E-state index >= 15 is 0 Å². The molecule has 1 aliphatic heterocycles. The van der Waals surface area contributed by atoms with Crippen LogP contribution in [-0.2, 0) is 0 Å². The first kappa shape index (κ1) is 9.85. The Labute approximate surface area is 95.5 Å². The van der Waals surface area contributed by atoms with Gasteiger partial charge < -0.3 is 9.72 Å². The Morgan fingerprint density at radius 2 is 2.19 bits per heavy atom. The summed E-state index contributed by atoms with van der Waals surface area (Å²) in [5, 5.41) is 3.40. The minimum atomic E-state index is 0.632. The topological polar surface area (TPSA) is 29.3 Å². The fourth-order valence-electron chi connectivity index (χ4n) is 2.52. The van der Waals surface area contributed by atoms with E-state index in [1.807, 2.05) is 6.33 Å². The number of nitrogens with zero attached hydrogens (tertiary/aromatic N) is 2. The van der Waals surface area contributed by atoms with Gasteiger partial charge in [0.05, 0.1) is 17.5 Å². The molecule has 3 heterocycles. The van der Waals surface area contributed by atoms with Crippen LogP contribution in [0.3, 0.4) is 0 Å². The maximum absolute atomic E-state index is 4.60. The van der Waals surface area contributed by atoms with E-state index in [9.17, 15) is 0 Å². The molecule has 1 aliphatic rings. The van der Waals surface area contributed by atoms with Gasteiger partial charge in [-0.3, -0.25) is 0 Å². The lowest BCUT2D eigenvalue weighted by Crippen LogP contribution is -2.26. The molecule has 0 spiro atoms. The zero-order valence-corrected chi connectivity index (χ0v) is 9.61. The van der Waals surface area contributed by atoms with Crippen molar-refractivity contribution in [3.63, 3.8) is 0 Å². The molecular weight excluding hydrogens is 198 g/mol. The standard InChI is InChI=1S/C13H17N3/c1-10-4-7-16-9-15-13(12(16)8-10)11-2-5-14-6-3-11/h4,7-9,11,14H,2-3,5-6H2,1H3. The van der Waals surface area contributed by atoms with E-state index in [0.29, 0.717) is 5.92 Å². The number of pyridine rings is 1. The van der Waals surface area contributed by atoms with Gasteiger partial charge in [0, 0.05) is 12.1 Å². The highest BCUT2D eigenvalue weighted by Gasteiger charge is 2.19. The van der Waals surface area contributed by atoms with Gasteiger partial charge in [-0.15, -0.1) is 0 Å². The summed E-state index contributed by atoms with van der Waals surface area (Å²) in [6.07, 6.45) is 6.45. The van der Waals surface area contributed by atoms with E-state index in [0.717, 1.165) is 13.1 Å². The van der Waals surface area contributed by atoms with Gasteiger partial charge in [0.2, 0.25) is 0 Å². The second kappa shape index (κ2) is 3.91. The summed E-state index contributed by atoms with van der Waals surface area (Å²) in [6.45, 7) is 4.38. The molecule has 0 bridgehead atoms. The molecule has 0 radical (unpaired) electrons. The van der Waals surface area contributed by atoms with Gasteiger partial charge in [0.25, 0.3) is 0 Å². The Morgan fingerprint density at radius 1 is 1.38 bits per heavy atom. The molecule has 1 fully saturated rings. The Morgan fingerprint density at radius 3 is 3.00 bits per heavy atom. The van der Waals surface area contributed by atoms with Crippen molar-refractivity contribution >= 4 is 5.52 Å². The number of hydrogen-bond donors (Lipinski definition) is 1. The molecule has 2 aromatic rings. The van der Waals surface area contributed by atoms with Crippen molar-refractivity contribution in [3.8, 4) is 0 Å². The van der Waals surface area contributed by atoms with Crippen LogP contribution in [0.15, 0.2) is 24.7 Å². The zero-order chi connectivity index (χ0) is 11.0. The van der Waals surface area contributed by atoms with E-state index in [-0.39, 0.29) is 0 Å². The van der Waals surface area contributed by atoms with Gasteiger partial charge in [-0.1, -0.05) is 0 Å². The largest absolute Gasteiger partial charge is 0.317 e. The average Bonchev–Trinajstić information content (AvgIpc) is 2.73. The molecule has 0 saturated carbocycles. The first-order valence-corrected chi connectivity index (χ1v) is 5.98. The molecule has 0 aliphatic carbocycles. The summed E-state index contributed by atoms with van der Waals surface area (Å²) in [4.78, 5) is 4.60. The molecule has 84 valence electrons. The van der Waals surface area contributed by atoms with Gasteiger partial charge >= 0.3 is 0 Å². The van der Waals surface area contributed by atoms with Crippen LogP contribution in [0.25, 0.3) is 5.52 Å². The number of aryl methyl sites for hydroxylation is 1. The second-order valence-corrected chi connectivity index (χ2v) is 4.65. The van der Waals surface area contributed by atoms with Crippen LogP contribution in [-0.4, -0.2) is 22.5 Å². The normalized spacial score (nSPS) is 18.1. The quantitative estimate of drug-likeness (QED) is 0.789. The summed E-state index contributed by atoms with van der Waals surface area (Å²) in [5.74, 6) is 0.632. The van der Waals surface area contributed by atoms with Gasteiger partial charge in [-0.2, -0.15) is 0 Å². The highest BCUT2D eigenvalue weighted by molar-refractivity contribution is 5.55. The van der Waals surface area contributed by atoms with Crippen LogP contribution in [0.4, 0.5) is 0 Å². The lowest BCUT2D eigenvalue weighted by Gasteiger charge is -2.21. The smallest absolute Gasteiger partial charge is 0.0995 e. The van der Waals surface area contributed by atoms with Crippen LogP contribution in [0, 0.1) is 6.92 Å². The predicted octanol–water partition coefficient (Wildman–Crippen LogP) is 2.11. The van der Waals surface area contributed by atoms with Crippen LogP contribution in [0.2, 0.25) is 0 Å².